The van der Waals surface area contributed by atoms with Crippen LogP contribution < -0.4 is 10.6 Å². The van der Waals surface area contributed by atoms with E-state index in [2.05, 4.69) is 31.4 Å². The van der Waals surface area contributed by atoms with Gasteiger partial charge in [0.05, 0.1) is 50.2 Å². The number of ether oxygens (including phenoxy) is 4. The van der Waals surface area contributed by atoms with E-state index >= 15 is 0 Å². The molecular weight excluding hydrogens is 1340 g/mol. The molecule has 2 saturated heterocycles. The lowest BCUT2D eigenvalue weighted by Crippen LogP contribution is -2.62. The highest BCUT2D eigenvalue weighted by molar-refractivity contribution is 5.76. The van der Waals surface area contributed by atoms with Gasteiger partial charge in [0.15, 0.2) is 12.6 Å². The summed E-state index contributed by atoms with van der Waals surface area (Å²) in [6.45, 7) is 5.29. The molecule has 2 aliphatic heterocycles. The van der Waals surface area contributed by atoms with Crippen molar-refractivity contribution in [1.29, 1.82) is 0 Å². The molecule has 19 heteroatoms. The van der Waals surface area contributed by atoms with Crippen molar-refractivity contribution in [2.24, 2.45) is 0 Å². The normalized spacial score (nSPS) is 22.3. The maximum absolute atomic E-state index is 14.0. The molecule has 16 atom stereocenters. The van der Waals surface area contributed by atoms with Crippen molar-refractivity contribution in [3.05, 3.63) is 0 Å². The van der Waals surface area contributed by atoms with Crippen LogP contribution in [0.5, 0.6) is 0 Å². The summed E-state index contributed by atoms with van der Waals surface area (Å²) >= 11 is 0. The van der Waals surface area contributed by atoms with Gasteiger partial charge in [0.25, 0.3) is 0 Å². The van der Waals surface area contributed by atoms with E-state index in [9.17, 15) is 65.8 Å². The largest absolute Gasteiger partial charge is 0.394 e. The van der Waals surface area contributed by atoms with Crippen LogP contribution in [0.2, 0.25) is 0 Å². The zero-order valence-electron chi connectivity index (χ0n) is 68.3. The van der Waals surface area contributed by atoms with Crippen LogP contribution >= 0.6 is 0 Å². The Labute approximate surface area is 647 Å². The van der Waals surface area contributed by atoms with E-state index in [4.69, 9.17) is 18.9 Å². The molecule has 0 spiro atoms. The van der Waals surface area contributed by atoms with Gasteiger partial charge in [0.2, 0.25) is 11.8 Å². The molecule has 0 radical (unpaired) electrons. The predicted molar refractivity (Wildman–Crippen MR) is 428 cm³/mol. The van der Waals surface area contributed by atoms with Gasteiger partial charge >= 0.3 is 0 Å². The molecule has 2 heterocycles. The van der Waals surface area contributed by atoms with Crippen LogP contribution in [0.15, 0.2) is 0 Å². The molecule has 19 nitrogen and oxygen atoms in total. The minimum Gasteiger partial charge on any atom is -0.394 e. The zero-order chi connectivity index (χ0) is 77.3. The van der Waals surface area contributed by atoms with Crippen LogP contribution in [0.1, 0.15) is 425 Å². The van der Waals surface area contributed by atoms with Gasteiger partial charge in [-0.2, -0.15) is 0 Å². The number of carbonyl (C=O) groups excluding carboxylic acids is 2. The first-order chi connectivity index (χ1) is 51.6. The summed E-state index contributed by atoms with van der Waals surface area (Å²) in [7, 11) is 0. The highest BCUT2D eigenvalue weighted by Crippen LogP contribution is 2.29. The summed E-state index contributed by atoms with van der Waals surface area (Å²) in [5, 5.41) is 125. The highest BCUT2D eigenvalue weighted by Gasteiger charge is 2.47. The van der Waals surface area contributed by atoms with E-state index in [1.54, 1.807) is 0 Å². The summed E-state index contributed by atoms with van der Waals surface area (Å²) in [5.74, 6) is -0.471. The van der Waals surface area contributed by atoms with Gasteiger partial charge in [0, 0.05) is 12.8 Å². The molecule has 2 amide bonds. The van der Waals surface area contributed by atoms with E-state index in [0.717, 1.165) is 122 Å². The van der Waals surface area contributed by atoms with E-state index in [-0.39, 0.29) is 24.8 Å². The van der Waals surface area contributed by atoms with Crippen LogP contribution in [0.3, 0.4) is 0 Å². The molecule has 106 heavy (non-hydrogen) atoms. The molecule has 0 aliphatic carbocycles. The number of hydrogen-bond donors (Lipinski definition) is 13. The Kier molecular flexibility index (Phi) is 66.3. The van der Waals surface area contributed by atoms with E-state index in [1.165, 1.54) is 225 Å². The third kappa shape index (κ3) is 50.4. The van der Waals surface area contributed by atoms with Crippen molar-refractivity contribution in [1.82, 2.24) is 10.6 Å². The lowest BCUT2D eigenvalue weighted by atomic mass is 9.92. The minimum atomic E-state index is -1.69. The Morgan fingerprint density at radius 3 is 0.906 bits per heavy atom. The van der Waals surface area contributed by atoms with Gasteiger partial charge < -0.3 is 85.8 Å². The molecule has 630 valence electrons. The topological polar surface area (TPSA) is 318 Å². The van der Waals surface area contributed by atoms with Gasteiger partial charge in [0.1, 0.15) is 54.9 Å². The standard InChI is InChI=1S/C87H170N2O17/c1-4-7-10-13-16-19-22-23-24-25-26-27-28-29-30-31-32-33-34-35-41-46-51-56-61-66-77(95)89-78(79(96)72(93)63-58-53-48-43-37-20-17-14-11-8-5-2)73(104-87-85(102)83(100)81(98)75(68-91)106-87)64-59-54-49-44-40-36-39-42-47-52-57-62-71(92)70(69-103-86-84(101)82(99)80(97)74(67-90)105-86)88-76(94)65-60-55-50-45-38-21-18-15-12-9-6-3/h70-75,78-87,90-93,96-102H,4-69H2,1-3H3,(H,88,94)(H,89,95)/t70?,71?,72-,73?,74-,75-,78-,79+,80+,81+,82+,83+,84-,85-,86+,87+/m1/s1. The van der Waals surface area contributed by atoms with Gasteiger partial charge in [-0.1, -0.05) is 380 Å². The molecule has 0 aromatic heterocycles. The van der Waals surface area contributed by atoms with Crippen LogP contribution in [0.4, 0.5) is 0 Å². The molecule has 13 N–H and O–H groups in total. The number of amides is 2. The van der Waals surface area contributed by atoms with Crippen molar-refractivity contribution in [2.75, 3.05) is 19.8 Å². The average molecular weight is 1520 g/mol. The van der Waals surface area contributed by atoms with Crippen LogP contribution in [0.25, 0.3) is 0 Å². The van der Waals surface area contributed by atoms with Crippen molar-refractivity contribution in [3.8, 4) is 0 Å². The Morgan fingerprint density at radius 2 is 0.585 bits per heavy atom. The fraction of sp³-hybridized carbons (Fsp3) is 0.977. The third-order valence-electron chi connectivity index (χ3n) is 22.9. The molecule has 2 aliphatic rings. The number of aliphatic hydroxyl groups is 11. The Balaban J connectivity index is 1.92. The maximum atomic E-state index is 14.0. The minimum absolute atomic E-state index is 0.204. The summed E-state index contributed by atoms with van der Waals surface area (Å²) in [4.78, 5) is 27.2. The predicted octanol–water partition coefficient (Wildman–Crippen LogP) is 16.7. The van der Waals surface area contributed by atoms with Gasteiger partial charge in [-0.25, -0.2) is 0 Å². The zero-order valence-corrected chi connectivity index (χ0v) is 68.3. The number of aliphatic hydroxyl groups excluding tert-OH is 11. The summed E-state index contributed by atoms with van der Waals surface area (Å²) in [6, 6.07) is -1.90. The summed E-state index contributed by atoms with van der Waals surface area (Å²) in [6.07, 6.45) is 49.9. The monoisotopic (exact) mass is 1520 g/mol. The fourth-order valence-electron chi connectivity index (χ4n) is 15.6. The molecule has 0 aromatic rings. The number of nitrogens with one attached hydrogen (secondary N) is 2. The Morgan fingerprint density at radius 1 is 0.321 bits per heavy atom. The molecule has 2 fully saturated rings. The SMILES string of the molecule is CCCCCCCCCCCCCCCCCCCCCCCCCCCC(=O)N[C@H](C(CCCCCCCCCCCCCC(O)C(CO[C@H]1O[C@H](CO)[C@H](O)[C@H](O)[C@H]1O)NC(=O)CCCCCCCCCCCCC)O[C@H]1O[C@H](CO)[C@H](O)[C@H](O)[C@H]1O)[C@@H](O)[C@H](O)CCCCCCCCCCCCC. The van der Waals surface area contributed by atoms with E-state index < -0.39 is 111 Å². The smallest absolute Gasteiger partial charge is 0.220 e. The number of carbonyl (C=O) groups is 2. The van der Waals surface area contributed by atoms with Crippen molar-refractivity contribution < 1.29 is 84.7 Å². The van der Waals surface area contributed by atoms with E-state index in [1.807, 2.05) is 0 Å². The van der Waals surface area contributed by atoms with Crippen LogP contribution in [-0.2, 0) is 28.5 Å². The van der Waals surface area contributed by atoms with Crippen molar-refractivity contribution in [3.63, 3.8) is 0 Å². The summed E-state index contributed by atoms with van der Waals surface area (Å²) < 4.78 is 23.7. The second-order valence-electron chi connectivity index (χ2n) is 32.6. The summed E-state index contributed by atoms with van der Waals surface area (Å²) in [5.41, 5.74) is 0. The first-order valence-corrected chi connectivity index (χ1v) is 45.2. The van der Waals surface area contributed by atoms with Crippen molar-refractivity contribution in [2.45, 2.75) is 523 Å². The molecule has 0 saturated carbocycles. The lowest BCUT2D eigenvalue weighted by molar-refractivity contribution is -0.315. The Bertz CT molecular complexity index is 1930. The quantitative estimate of drug-likeness (QED) is 0.0252. The first-order valence-electron chi connectivity index (χ1n) is 45.2. The Hall–Kier alpha value is -1.66. The maximum Gasteiger partial charge on any atom is 0.220 e. The number of rotatable bonds is 77. The molecule has 2 rings (SSSR count). The van der Waals surface area contributed by atoms with Gasteiger partial charge in [-0.3, -0.25) is 9.59 Å². The van der Waals surface area contributed by atoms with Crippen LogP contribution in [0, 0.1) is 0 Å². The van der Waals surface area contributed by atoms with Crippen molar-refractivity contribution >= 4 is 11.8 Å². The number of hydrogen-bond acceptors (Lipinski definition) is 17. The van der Waals surface area contributed by atoms with Crippen LogP contribution in [-0.4, -0.2) is 186 Å². The second kappa shape index (κ2) is 70.0. The highest BCUT2D eigenvalue weighted by atomic mass is 16.7. The molecule has 3 unspecified atom stereocenters. The lowest BCUT2D eigenvalue weighted by Gasteiger charge is -2.43. The van der Waals surface area contributed by atoms with Gasteiger partial charge in [-0.15, -0.1) is 0 Å². The van der Waals surface area contributed by atoms with Gasteiger partial charge in [-0.05, 0) is 32.1 Å². The fourth-order valence-corrected chi connectivity index (χ4v) is 15.6. The second-order valence-corrected chi connectivity index (χ2v) is 32.6. The van der Waals surface area contributed by atoms with E-state index in [0.29, 0.717) is 51.4 Å². The number of unbranched alkanes of at least 4 members (excludes halogenated alkanes) is 54. The molecule has 0 bridgehead atoms. The molecule has 0 aromatic carbocycles. The molecular formula is C87H170N2O17. The first kappa shape index (κ1) is 100. The third-order valence-corrected chi connectivity index (χ3v) is 22.9. The average Bonchev–Trinajstić information content (AvgIpc) is 0.815.